The number of amides is 1. The Balaban J connectivity index is 1.33. The number of hydrogen-bond acceptors (Lipinski definition) is 7. The molecule has 3 aromatic heterocycles. The lowest BCUT2D eigenvalue weighted by Gasteiger charge is -2.32. The second-order valence-corrected chi connectivity index (χ2v) is 10.6. The first kappa shape index (κ1) is 22.7. The van der Waals surface area contributed by atoms with E-state index in [1.807, 2.05) is 4.90 Å². The first-order valence-electron chi connectivity index (χ1n) is 11.8. The number of fused-ring (bicyclic) bond motifs is 1. The van der Waals surface area contributed by atoms with Crippen LogP contribution >= 0.6 is 22.7 Å². The zero-order valence-electron chi connectivity index (χ0n) is 19.3. The van der Waals surface area contributed by atoms with Crippen molar-refractivity contribution in [1.29, 1.82) is 0 Å². The van der Waals surface area contributed by atoms with E-state index >= 15 is 0 Å². The van der Waals surface area contributed by atoms with Crippen LogP contribution in [0.25, 0.3) is 9.88 Å². The van der Waals surface area contributed by atoms with Crippen LogP contribution in [0.4, 0.5) is 0 Å². The van der Waals surface area contributed by atoms with Crippen molar-refractivity contribution >= 4 is 28.6 Å². The summed E-state index contributed by atoms with van der Waals surface area (Å²) in [6.07, 6.45) is 3.92. The van der Waals surface area contributed by atoms with Crippen LogP contribution in [0, 0.1) is 0 Å². The van der Waals surface area contributed by atoms with Crippen molar-refractivity contribution in [3.05, 3.63) is 45.5 Å². The molecule has 176 valence electrons. The van der Waals surface area contributed by atoms with Crippen molar-refractivity contribution in [2.75, 3.05) is 33.4 Å². The standard InChI is InChI=1S/C24H31N5O2S2/c1-3-8-29-20-7-6-18(14-19(20)22(26-29)24(30)28-9-11-31-12-10-28)27(2)15-17-16-33-23(25-17)21-5-4-13-32-21/h4-5,13,16,18H,3,6-12,14-15H2,1-2H3. The third-order valence-corrected chi connectivity index (χ3v) is 8.51. The maximum Gasteiger partial charge on any atom is 0.274 e. The summed E-state index contributed by atoms with van der Waals surface area (Å²) in [6, 6.07) is 4.57. The molecule has 1 aliphatic carbocycles. The molecule has 1 amide bonds. The van der Waals surface area contributed by atoms with E-state index in [0.29, 0.717) is 38.0 Å². The first-order valence-corrected chi connectivity index (χ1v) is 13.5. The van der Waals surface area contributed by atoms with Crippen LogP contribution in [0.15, 0.2) is 22.9 Å². The van der Waals surface area contributed by atoms with Crippen LogP contribution in [0.3, 0.4) is 0 Å². The van der Waals surface area contributed by atoms with Crippen LogP contribution in [0.2, 0.25) is 0 Å². The molecule has 3 aromatic rings. The quantitative estimate of drug-likeness (QED) is 0.507. The number of ether oxygens (including phenoxy) is 1. The van der Waals surface area contributed by atoms with Gasteiger partial charge in [0.2, 0.25) is 0 Å². The summed E-state index contributed by atoms with van der Waals surface area (Å²) in [7, 11) is 2.18. The van der Waals surface area contributed by atoms with E-state index in [4.69, 9.17) is 14.8 Å². The molecule has 1 unspecified atom stereocenters. The van der Waals surface area contributed by atoms with Gasteiger partial charge in [0.15, 0.2) is 5.69 Å². The summed E-state index contributed by atoms with van der Waals surface area (Å²) >= 11 is 3.45. The first-order chi connectivity index (χ1) is 16.1. The maximum absolute atomic E-state index is 13.3. The minimum Gasteiger partial charge on any atom is -0.378 e. The minimum atomic E-state index is 0.0628. The van der Waals surface area contributed by atoms with Gasteiger partial charge in [0.05, 0.1) is 23.8 Å². The number of rotatable bonds is 7. The van der Waals surface area contributed by atoms with E-state index in [1.54, 1.807) is 22.7 Å². The monoisotopic (exact) mass is 485 g/mol. The Morgan fingerprint density at radius 3 is 2.91 bits per heavy atom. The van der Waals surface area contributed by atoms with Crippen molar-refractivity contribution in [2.45, 2.75) is 51.7 Å². The summed E-state index contributed by atoms with van der Waals surface area (Å²) in [4.78, 5) is 23.7. The van der Waals surface area contributed by atoms with Crippen LogP contribution in [-0.2, 0) is 30.7 Å². The van der Waals surface area contributed by atoms with Crippen molar-refractivity contribution in [2.24, 2.45) is 0 Å². The second-order valence-electron chi connectivity index (χ2n) is 8.83. The molecule has 1 atom stereocenters. The summed E-state index contributed by atoms with van der Waals surface area (Å²) in [5.74, 6) is 0.0628. The zero-order chi connectivity index (χ0) is 22.8. The highest BCUT2D eigenvalue weighted by molar-refractivity contribution is 7.20. The number of hydrogen-bond donors (Lipinski definition) is 0. The van der Waals surface area contributed by atoms with Gasteiger partial charge in [-0.05, 0) is 44.2 Å². The fourth-order valence-electron chi connectivity index (χ4n) is 4.81. The average Bonchev–Trinajstić information content (AvgIpc) is 3.60. The highest BCUT2D eigenvalue weighted by Gasteiger charge is 2.33. The molecular formula is C24H31N5O2S2. The molecule has 0 aromatic carbocycles. The van der Waals surface area contributed by atoms with Crippen molar-refractivity contribution in [3.8, 4) is 9.88 Å². The predicted octanol–water partition coefficient (Wildman–Crippen LogP) is 3.94. The number of carbonyl (C=O) groups excluding carboxylic acids is 1. The minimum absolute atomic E-state index is 0.0628. The van der Waals surface area contributed by atoms with E-state index in [9.17, 15) is 4.79 Å². The zero-order valence-corrected chi connectivity index (χ0v) is 21.0. The highest BCUT2D eigenvalue weighted by atomic mass is 32.1. The van der Waals surface area contributed by atoms with Crippen molar-refractivity contribution < 1.29 is 9.53 Å². The smallest absolute Gasteiger partial charge is 0.274 e. The second kappa shape index (κ2) is 10.0. The van der Waals surface area contributed by atoms with Gasteiger partial charge in [0.25, 0.3) is 5.91 Å². The van der Waals surface area contributed by atoms with Gasteiger partial charge in [-0.3, -0.25) is 14.4 Å². The van der Waals surface area contributed by atoms with E-state index in [-0.39, 0.29) is 5.91 Å². The number of morpholine rings is 1. The van der Waals surface area contributed by atoms with E-state index in [0.717, 1.165) is 55.0 Å². The van der Waals surface area contributed by atoms with Crippen molar-refractivity contribution in [3.63, 3.8) is 0 Å². The average molecular weight is 486 g/mol. The SMILES string of the molecule is CCCn1nc(C(=O)N2CCOCC2)c2c1CCC(N(C)Cc1csc(-c3cccs3)n1)C2. The summed E-state index contributed by atoms with van der Waals surface area (Å²) < 4.78 is 7.53. The Morgan fingerprint density at radius 1 is 1.30 bits per heavy atom. The van der Waals surface area contributed by atoms with Crippen LogP contribution in [0.1, 0.15) is 47.2 Å². The molecule has 1 aliphatic heterocycles. The molecule has 0 saturated carbocycles. The Bertz CT molecular complexity index is 1080. The summed E-state index contributed by atoms with van der Waals surface area (Å²) in [5.41, 5.74) is 4.18. The predicted molar refractivity (Wildman–Crippen MR) is 132 cm³/mol. The summed E-state index contributed by atoms with van der Waals surface area (Å²) in [6.45, 7) is 6.35. The van der Waals surface area contributed by atoms with Crippen LogP contribution in [0.5, 0.6) is 0 Å². The van der Waals surface area contributed by atoms with Gasteiger partial charge in [-0.2, -0.15) is 5.10 Å². The molecule has 4 heterocycles. The van der Waals surface area contributed by atoms with E-state index in [1.165, 1.54) is 10.6 Å². The number of thiazole rings is 1. The number of thiophene rings is 1. The van der Waals surface area contributed by atoms with E-state index < -0.39 is 0 Å². The Hall–Kier alpha value is -2.07. The van der Waals surface area contributed by atoms with Gasteiger partial charge in [0, 0.05) is 48.9 Å². The van der Waals surface area contributed by atoms with Gasteiger partial charge < -0.3 is 9.64 Å². The Kier molecular flexibility index (Phi) is 6.91. The maximum atomic E-state index is 13.3. The fourth-order valence-corrected chi connectivity index (χ4v) is 6.43. The molecular weight excluding hydrogens is 454 g/mol. The lowest BCUT2D eigenvalue weighted by Crippen LogP contribution is -2.42. The molecule has 9 heteroatoms. The fraction of sp³-hybridized carbons (Fsp3) is 0.542. The molecule has 0 radical (unpaired) electrons. The van der Waals surface area contributed by atoms with Gasteiger partial charge in [-0.1, -0.05) is 13.0 Å². The van der Waals surface area contributed by atoms with Crippen LogP contribution in [-0.4, -0.2) is 69.9 Å². The summed E-state index contributed by atoms with van der Waals surface area (Å²) in [5, 5.41) is 10.2. The molecule has 1 fully saturated rings. The van der Waals surface area contributed by atoms with Crippen molar-refractivity contribution in [1.82, 2.24) is 24.6 Å². The number of nitrogens with zero attached hydrogens (tertiary/aromatic N) is 5. The molecule has 2 aliphatic rings. The highest BCUT2D eigenvalue weighted by Crippen LogP contribution is 2.31. The van der Waals surface area contributed by atoms with Gasteiger partial charge in [0.1, 0.15) is 5.01 Å². The molecule has 7 nitrogen and oxygen atoms in total. The van der Waals surface area contributed by atoms with E-state index in [2.05, 4.69) is 46.4 Å². The number of likely N-dealkylation sites (N-methyl/N-ethyl adjacent to an activating group) is 1. The Labute approximate surface area is 203 Å². The lowest BCUT2D eigenvalue weighted by molar-refractivity contribution is 0.0297. The van der Waals surface area contributed by atoms with Gasteiger partial charge >= 0.3 is 0 Å². The largest absolute Gasteiger partial charge is 0.378 e. The number of aryl methyl sites for hydroxylation is 1. The molecule has 0 bridgehead atoms. The third kappa shape index (κ3) is 4.77. The molecule has 33 heavy (non-hydrogen) atoms. The molecule has 0 N–H and O–H groups in total. The molecule has 1 saturated heterocycles. The third-order valence-electron chi connectivity index (χ3n) is 6.58. The van der Waals surface area contributed by atoms with Crippen LogP contribution < -0.4 is 0 Å². The molecule has 5 rings (SSSR count). The number of aromatic nitrogens is 3. The molecule has 0 spiro atoms. The lowest BCUT2D eigenvalue weighted by atomic mass is 9.90. The topological polar surface area (TPSA) is 63.5 Å². The Morgan fingerprint density at radius 2 is 2.15 bits per heavy atom. The van der Waals surface area contributed by atoms with Gasteiger partial charge in [-0.15, -0.1) is 22.7 Å². The van der Waals surface area contributed by atoms with Gasteiger partial charge in [-0.25, -0.2) is 4.98 Å². The normalized spacial score (nSPS) is 18.6. The number of carbonyl (C=O) groups is 1.